The van der Waals surface area contributed by atoms with Crippen molar-refractivity contribution < 1.29 is 4.79 Å². The number of rotatable bonds is 4. The van der Waals surface area contributed by atoms with Gasteiger partial charge in [0.1, 0.15) is 5.69 Å². The molecule has 5 nitrogen and oxygen atoms in total. The van der Waals surface area contributed by atoms with Crippen LogP contribution in [0, 0.1) is 5.92 Å². The zero-order valence-corrected chi connectivity index (χ0v) is 16.5. The van der Waals surface area contributed by atoms with Crippen molar-refractivity contribution in [2.24, 2.45) is 5.92 Å². The van der Waals surface area contributed by atoms with Gasteiger partial charge in [0.15, 0.2) is 0 Å². The van der Waals surface area contributed by atoms with Crippen LogP contribution in [0.15, 0.2) is 42.6 Å². The monoisotopic (exact) mass is 388 g/mol. The van der Waals surface area contributed by atoms with Gasteiger partial charge >= 0.3 is 0 Å². The molecular formula is C21H29ClN4O. The summed E-state index contributed by atoms with van der Waals surface area (Å²) in [6.45, 7) is 3.71. The number of halogens is 1. The molecule has 6 heteroatoms. The first-order valence-corrected chi connectivity index (χ1v) is 9.88. The number of piperidine rings is 2. The molecule has 2 fully saturated rings. The summed E-state index contributed by atoms with van der Waals surface area (Å²) in [5.74, 6) is 0.762. The second-order valence-corrected chi connectivity index (χ2v) is 7.61. The van der Waals surface area contributed by atoms with Gasteiger partial charge < -0.3 is 10.2 Å². The van der Waals surface area contributed by atoms with E-state index in [1.807, 2.05) is 21.8 Å². The summed E-state index contributed by atoms with van der Waals surface area (Å²) in [5, 5.41) is 7.99. The van der Waals surface area contributed by atoms with E-state index in [9.17, 15) is 4.79 Å². The van der Waals surface area contributed by atoms with Gasteiger partial charge in [0.2, 0.25) is 0 Å². The van der Waals surface area contributed by atoms with Crippen LogP contribution in [-0.4, -0.2) is 46.8 Å². The van der Waals surface area contributed by atoms with Crippen LogP contribution in [0.25, 0.3) is 0 Å². The summed E-state index contributed by atoms with van der Waals surface area (Å²) < 4.78 is 1.97. The van der Waals surface area contributed by atoms with E-state index >= 15 is 0 Å². The minimum Gasteiger partial charge on any atom is -0.337 e. The fourth-order valence-electron chi connectivity index (χ4n) is 4.16. The summed E-state index contributed by atoms with van der Waals surface area (Å²) in [7, 11) is 0. The van der Waals surface area contributed by atoms with Crippen molar-refractivity contribution in [1.29, 1.82) is 0 Å². The largest absolute Gasteiger partial charge is 0.337 e. The molecule has 1 amide bonds. The van der Waals surface area contributed by atoms with Crippen LogP contribution < -0.4 is 5.32 Å². The molecule has 1 atom stereocenters. The Hall–Kier alpha value is -1.85. The third-order valence-electron chi connectivity index (χ3n) is 5.74. The average molecular weight is 389 g/mol. The number of benzene rings is 1. The molecule has 3 heterocycles. The standard InChI is InChI=1S/C21H28N4O.ClH/c26-21(20-10-14-25(23-20)19-7-4-11-22-16-19)24-12-8-18(9-13-24)15-17-5-2-1-3-6-17;/h1-3,5-6,10,14,18-19,22H,4,7-9,11-13,15-16H2;1H. The van der Waals surface area contributed by atoms with Crippen molar-refractivity contribution in [1.82, 2.24) is 20.0 Å². The molecular weight excluding hydrogens is 360 g/mol. The first kappa shape index (κ1) is 19.9. The van der Waals surface area contributed by atoms with Crippen molar-refractivity contribution in [3.05, 3.63) is 53.9 Å². The Morgan fingerprint density at radius 2 is 1.89 bits per heavy atom. The summed E-state index contributed by atoms with van der Waals surface area (Å²) in [5.41, 5.74) is 1.99. The number of hydrogen-bond acceptors (Lipinski definition) is 3. The molecule has 0 radical (unpaired) electrons. The lowest BCUT2D eigenvalue weighted by molar-refractivity contribution is 0.0683. The molecule has 27 heavy (non-hydrogen) atoms. The van der Waals surface area contributed by atoms with Gasteiger partial charge in [0, 0.05) is 25.8 Å². The number of nitrogens with zero attached hydrogens (tertiary/aromatic N) is 3. The van der Waals surface area contributed by atoms with Crippen LogP contribution in [0.1, 0.15) is 47.8 Å². The van der Waals surface area contributed by atoms with Crippen LogP contribution in [0.5, 0.6) is 0 Å². The van der Waals surface area contributed by atoms with Gasteiger partial charge in [0.05, 0.1) is 6.04 Å². The van der Waals surface area contributed by atoms with Crippen LogP contribution in [0.2, 0.25) is 0 Å². The summed E-state index contributed by atoms with van der Waals surface area (Å²) in [4.78, 5) is 14.8. The Bertz CT molecular complexity index is 719. The molecule has 0 bridgehead atoms. The van der Waals surface area contributed by atoms with E-state index in [0.717, 1.165) is 51.9 Å². The molecule has 1 unspecified atom stereocenters. The predicted octanol–water partition coefficient (Wildman–Crippen LogP) is 3.32. The minimum atomic E-state index is 0. The number of nitrogens with one attached hydrogen (secondary N) is 1. The highest BCUT2D eigenvalue weighted by Gasteiger charge is 2.26. The highest BCUT2D eigenvalue weighted by Crippen LogP contribution is 2.23. The van der Waals surface area contributed by atoms with Gasteiger partial charge in [-0.25, -0.2) is 0 Å². The highest BCUT2D eigenvalue weighted by atomic mass is 35.5. The predicted molar refractivity (Wildman–Crippen MR) is 109 cm³/mol. The molecule has 1 N–H and O–H groups in total. The molecule has 1 aromatic heterocycles. The summed E-state index contributed by atoms with van der Waals surface area (Å²) in [6.07, 6.45) is 7.54. The van der Waals surface area contributed by atoms with Crippen LogP contribution in [0.4, 0.5) is 0 Å². The number of carbonyl (C=O) groups is 1. The first-order chi connectivity index (χ1) is 12.8. The number of amides is 1. The van der Waals surface area contributed by atoms with Crippen LogP contribution >= 0.6 is 12.4 Å². The molecule has 2 aromatic rings. The molecule has 1 aromatic carbocycles. The lowest BCUT2D eigenvalue weighted by Crippen LogP contribution is -2.39. The van der Waals surface area contributed by atoms with Gasteiger partial charge in [-0.1, -0.05) is 30.3 Å². The fourth-order valence-corrected chi connectivity index (χ4v) is 4.16. The quantitative estimate of drug-likeness (QED) is 0.874. The van der Waals surface area contributed by atoms with Crippen molar-refractivity contribution >= 4 is 18.3 Å². The summed E-state index contributed by atoms with van der Waals surface area (Å²) in [6, 6.07) is 12.9. The number of carbonyl (C=O) groups excluding carboxylic acids is 1. The van der Waals surface area contributed by atoms with Crippen molar-refractivity contribution in [2.45, 2.75) is 38.1 Å². The normalized spacial score (nSPS) is 20.9. The lowest BCUT2D eigenvalue weighted by atomic mass is 9.90. The van der Waals surface area contributed by atoms with E-state index in [0.29, 0.717) is 17.7 Å². The maximum absolute atomic E-state index is 12.8. The molecule has 2 saturated heterocycles. The lowest BCUT2D eigenvalue weighted by Gasteiger charge is -2.31. The Balaban J connectivity index is 0.00000210. The second kappa shape index (κ2) is 9.38. The molecule has 2 aliphatic heterocycles. The fraction of sp³-hybridized carbons (Fsp3) is 0.524. The third-order valence-corrected chi connectivity index (χ3v) is 5.74. The zero-order chi connectivity index (χ0) is 17.8. The van der Waals surface area contributed by atoms with E-state index in [4.69, 9.17) is 0 Å². The van der Waals surface area contributed by atoms with Gasteiger partial charge in [-0.2, -0.15) is 5.10 Å². The smallest absolute Gasteiger partial charge is 0.274 e. The Morgan fingerprint density at radius 3 is 2.59 bits per heavy atom. The SMILES string of the molecule is Cl.O=C(c1ccn(C2CCCNC2)n1)N1CCC(Cc2ccccc2)CC1. The Kier molecular flexibility index (Phi) is 6.91. The molecule has 0 spiro atoms. The minimum absolute atomic E-state index is 0. The van der Waals surface area contributed by atoms with E-state index < -0.39 is 0 Å². The average Bonchev–Trinajstić information content (AvgIpc) is 3.20. The highest BCUT2D eigenvalue weighted by molar-refractivity contribution is 5.92. The van der Waals surface area contributed by atoms with Gasteiger partial charge in [-0.15, -0.1) is 12.4 Å². The maximum Gasteiger partial charge on any atom is 0.274 e. The van der Waals surface area contributed by atoms with E-state index in [2.05, 4.69) is 40.7 Å². The third kappa shape index (κ3) is 4.90. The van der Waals surface area contributed by atoms with Crippen LogP contribution in [-0.2, 0) is 6.42 Å². The molecule has 2 aliphatic rings. The number of aromatic nitrogens is 2. The van der Waals surface area contributed by atoms with Crippen molar-refractivity contribution in [3.63, 3.8) is 0 Å². The maximum atomic E-state index is 12.8. The topological polar surface area (TPSA) is 50.2 Å². The molecule has 0 saturated carbocycles. The van der Waals surface area contributed by atoms with Crippen molar-refractivity contribution in [2.75, 3.05) is 26.2 Å². The number of likely N-dealkylation sites (tertiary alicyclic amines) is 1. The zero-order valence-electron chi connectivity index (χ0n) is 15.7. The molecule has 146 valence electrons. The molecule has 4 rings (SSSR count). The van der Waals surface area contributed by atoms with Crippen molar-refractivity contribution in [3.8, 4) is 0 Å². The Morgan fingerprint density at radius 1 is 1.11 bits per heavy atom. The van der Waals surface area contributed by atoms with E-state index in [-0.39, 0.29) is 18.3 Å². The van der Waals surface area contributed by atoms with E-state index in [1.54, 1.807) is 0 Å². The Labute approximate surface area is 167 Å². The molecule has 0 aliphatic carbocycles. The number of hydrogen-bond donors (Lipinski definition) is 1. The first-order valence-electron chi connectivity index (χ1n) is 9.88. The van der Waals surface area contributed by atoms with E-state index in [1.165, 1.54) is 12.0 Å². The van der Waals surface area contributed by atoms with Crippen LogP contribution in [0.3, 0.4) is 0 Å². The van der Waals surface area contributed by atoms with Gasteiger partial charge in [0.25, 0.3) is 5.91 Å². The summed E-state index contributed by atoms with van der Waals surface area (Å²) >= 11 is 0. The van der Waals surface area contributed by atoms with Gasteiger partial charge in [-0.05, 0) is 56.2 Å². The second-order valence-electron chi connectivity index (χ2n) is 7.61. The van der Waals surface area contributed by atoms with Gasteiger partial charge in [-0.3, -0.25) is 9.48 Å².